The van der Waals surface area contributed by atoms with Gasteiger partial charge in [-0.3, -0.25) is 4.57 Å². The maximum atomic E-state index is 5.27. The Morgan fingerprint density at radius 3 is 2.50 bits per heavy atom. The van der Waals surface area contributed by atoms with Crippen LogP contribution in [0.2, 0.25) is 0 Å². The number of aromatic nitrogens is 3. The Bertz CT molecular complexity index is 1020. The third kappa shape index (κ3) is 3.30. The van der Waals surface area contributed by atoms with Gasteiger partial charge in [0, 0.05) is 17.6 Å². The minimum atomic E-state index is 0.833. The van der Waals surface area contributed by atoms with Crippen LogP contribution in [-0.4, -0.2) is 21.6 Å². The first kappa shape index (κ1) is 16.7. The Hall–Kier alpha value is -2.79. The predicted molar refractivity (Wildman–Crippen MR) is 106 cm³/mol. The van der Waals surface area contributed by atoms with Gasteiger partial charge in [-0.05, 0) is 48.9 Å². The van der Waals surface area contributed by atoms with Crippen molar-refractivity contribution in [3.05, 3.63) is 78.0 Å². The molecule has 5 heteroatoms. The van der Waals surface area contributed by atoms with Crippen LogP contribution in [0.5, 0.6) is 5.75 Å². The van der Waals surface area contributed by atoms with Crippen molar-refractivity contribution in [3.63, 3.8) is 0 Å². The van der Waals surface area contributed by atoms with Crippen molar-refractivity contribution in [2.24, 2.45) is 0 Å². The molecular formula is C21H19N3OS. The molecule has 0 unspecified atom stereocenters. The van der Waals surface area contributed by atoms with E-state index in [-0.39, 0.29) is 0 Å². The molecule has 0 amide bonds. The summed E-state index contributed by atoms with van der Waals surface area (Å²) in [5.41, 5.74) is 5.34. The van der Waals surface area contributed by atoms with E-state index < -0.39 is 0 Å². The number of nitrogens with zero attached hydrogens (tertiary/aromatic N) is 3. The summed E-state index contributed by atoms with van der Waals surface area (Å²) in [7, 11) is 1.67. The maximum absolute atomic E-state index is 5.27. The van der Waals surface area contributed by atoms with Crippen LogP contribution in [0.1, 0.15) is 11.1 Å². The Kier molecular flexibility index (Phi) is 4.63. The second-order valence-corrected chi connectivity index (χ2v) is 6.99. The van der Waals surface area contributed by atoms with Crippen molar-refractivity contribution in [1.82, 2.24) is 14.5 Å². The van der Waals surface area contributed by atoms with Gasteiger partial charge in [-0.2, -0.15) is 0 Å². The van der Waals surface area contributed by atoms with E-state index in [9.17, 15) is 0 Å². The van der Waals surface area contributed by atoms with Crippen LogP contribution in [-0.2, 0) is 5.75 Å². The van der Waals surface area contributed by atoms with Gasteiger partial charge in [-0.15, -0.1) is 0 Å². The highest BCUT2D eigenvalue weighted by atomic mass is 32.2. The van der Waals surface area contributed by atoms with Crippen LogP contribution in [0.15, 0.2) is 72.0 Å². The summed E-state index contributed by atoms with van der Waals surface area (Å²) in [6.45, 7) is 2.10. The number of benzene rings is 2. The van der Waals surface area contributed by atoms with E-state index in [1.165, 1.54) is 11.1 Å². The lowest BCUT2D eigenvalue weighted by Gasteiger charge is -2.09. The van der Waals surface area contributed by atoms with Crippen molar-refractivity contribution in [2.75, 3.05) is 7.11 Å². The molecule has 2 aromatic heterocycles. The van der Waals surface area contributed by atoms with Gasteiger partial charge in [-0.25, -0.2) is 9.97 Å². The van der Waals surface area contributed by atoms with Gasteiger partial charge in [0.25, 0.3) is 0 Å². The lowest BCUT2D eigenvalue weighted by molar-refractivity contribution is 0.414. The van der Waals surface area contributed by atoms with E-state index in [4.69, 9.17) is 9.72 Å². The number of hydrogen-bond donors (Lipinski definition) is 0. The highest BCUT2D eigenvalue weighted by Crippen LogP contribution is 2.29. The minimum Gasteiger partial charge on any atom is -0.497 e. The quantitative estimate of drug-likeness (QED) is 0.468. The fourth-order valence-corrected chi connectivity index (χ4v) is 3.76. The minimum absolute atomic E-state index is 0.833. The summed E-state index contributed by atoms with van der Waals surface area (Å²) < 4.78 is 7.38. The van der Waals surface area contributed by atoms with E-state index >= 15 is 0 Å². The summed E-state index contributed by atoms with van der Waals surface area (Å²) in [5, 5.41) is 0.935. The van der Waals surface area contributed by atoms with Crippen LogP contribution in [0.25, 0.3) is 16.9 Å². The van der Waals surface area contributed by atoms with E-state index in [0.717, 1.165) is 33.5 Å². The number of ether oxygens (including phenoxy) is 1. The topological polar surface area (TPSA) is 39.9 Å². The Balaban J connectivity index is 1.72. The average Bonchev–Trinajstić information content (AvgIpc) is 3.06. The van der Waals surface area contributed by atoms with Crippen LogP contribution in [0.4, 0.5) is 0 Å². The number of methoxy groups -OCH3 is 1. The molecule has 2 aromatic carbocycles. The number of hydrogen-bond acceptors (Lipinski definition) is 4. The Labute approximate surface area is 156 Å². The van der Waals surface area contributed by atoms with Crippen molar-refractivity contribution in [1.29, 1.82) is 0 Å². The molecule has 0 radical (unpaired) electrons. The van der Waals surface area contributed by atoms with E-state index in [2.05, 4.69) is 40.7 Å². The summed E-state index contributed by atoms with van der Waals surface area (Å²) in [5.74, 6) is 1.69. The number of thioether (sulfide) groups is 1. The Morgan fingerprint density at radius 1 is 1.00 bits per heavy atom. The van der Waals surface area contributed by atoms with Gasteiger partial charge in [0.15, 0.2) is 10.8 Å². The molecule has 4 aromatic rings. The molecule has 0 aliphatic carbocycles. The molecule has 0 aliphatic rings. The van der Waals surface area contributed by atoms with Gasteiger partial charge in [0.1, 0.15) is 11.3 Å². The fraction of sp³-hybridized carbons (Fsp3) is 0.143. The van der Waals surface area contributed by atoms with Gasteiger partial charge < -0.3 is 4.74 Å². The van der Waals surface area contributed by atoms with Gasteiger partial charge >= 0.3 is 0 Å². The lowest BCUT2D eigenvalue weighted by atomic mass is 10.2. The second kappa shape index (κ2) is 7.22. The normalized spacial score (nSPS) is 11.0. The molecule has 130 valence electrons. The molecule has 0 saturated heterocycles. The molecule has 26 heavy (non-hydrogen) atoms. The molecule has 0 spiro atoms. The zero-order valence-electron chi connectivity index (χ0n) is 14.7. The molecule has 0 fully saturated rings. The van der Waals surface area contributed by atoms with Crippen molar-refractivity contribution < 1.29 is 4.74 Å². The predicted octanol–water partition coefficient (Wildman–Crippen LogP) is 5.03. The number of rotatable bonds is 5. The molecular weight excluding hydrogens is 342 g/mol. The second-order valence-electron chi connectivity index (χ2n) is 6.05. The molecule has 0 saturated carbocycles. The monoisotopic (exact) mass is 361 g/mol. The summed E-state index contributed by atoms with van der Waals surface area (Å²) >= 11 is 1.72. The van der Waals surface area contributed by atoms with E-state index in [0.29, 0.717) is 0 Å². The van der Waals surface area contributed by atoms with E-state index in [1.807, 2.05) is 36.4 Å². The number of pyridine rings is 1. The molecule has 0 aliphatic heterocycles. The van der Waals surface area contributed by atoms with Crippen molar-refractivity contribution >= 4 is 22.9 Å². The smallest absolute Gasteiger partial charge is 0.175 e. The molecule has 2 heterocycles. The zero-order valence-corrected chi connectivity index (χ0v) is 15.5. The largest absolute Gasteiger partial charge is 0.497 e. The highest BCUT2D eigenvalue weighted by Gasteiger charge is 2.14. The molecule has 4 nitrogen and oxygen atoms in total. The summed E-state index contributed by atoms with van der Waals surface area (Å²) in [4.78, 5) is 9.34. The van der Waals surface area contributed by atoms with Crippen LogP contribution in [0.3, 0.4) is 0 Å². The first-order valence-corrected chi connectivity index (χ1v) is 9.39. The van der Waals surface area contributed by atoms with Crippen molar-refractivity contribution in [2.45, 2.75) is 17.8 Å². The fourth-order valence-electron chi connectivity index (χ4n) is 2.78. The van der Waals surface area contributed by atoms with Crippen LogP contribution < -0.4 is 4.74 Å². The lowest BCUT2D eigenvalue weighted by Crippen LogP contribution is -1.98. The standard InChI is InChI=1S/C21H19N3OS/c1-15-5-7-16(8-6-15)14-26-21-23-19-4-3-13-22-20(19)24(21)17-9-11-18(25-2)12-10-17/h3-13H,14H2,1-2H3. The SMILES string of the molecule is COc1ccc(-n2c(SCc3ccc(C)cc3)nc3cccnc32)cc1. The molecule has 0 N–H and O–H groups in total. The Morgan fingerprint density at radius 2 is 1.77 bits per heavy atom. The van der Waals surface area contributed by atoms with Gasteiger partial charge in [0.05, 0.1) is 7.11 Å². The number of aryl methyl sites for hydroxylation is 1. The maximum Gasteiger partial charge on any atom is 0.175 e. The first-order valence-electron chi connectivity index (χ1n) is 8.41. The third-order valence-corrected chi connectivity index (χ3v) is 5.21. The number of imidazole rings is 1. The third-order valence-electron chi connectivity index (χ3n) is 4.20. The first-order chi connectivity index (χ1) is 12.7. The average molecular weight is 361 g/mol. The summed E-state index contributed by atoms with van der Waals surface area (Å²) in [6, 6.07) is 20.5. The molecule has 0 atom stereocenters. The van der Waals surface area contributed by atoms with Crippen molar-refractivity contribution in [3.8, 4) is 11.4 Å². The van der Waals surface area contributed by atoms with Crippen LogP contribution in [0, 0.1) is 6.92 Å². The molecule has 4 rings (SSSR count). The zero-order chi connectivity index (χ0) is 17.9. The van der Waals surface area contributed by atoms with Gasteiger partial charge in [0.2, 0.25) is 0 Å². The highest BCUT2D eigenvalue weighted by molar-refractivity contribution is 7.98. The van der Waals surface area contributed by atoms with E-state index in [1.54, 1.807) is 25.1 Å². The summed E-state index contributed by atoms with van der Waals surface area (Å²) in [6.07, 6.45) is 1.80. The van der Waals surface area contributed by atoms with Gasteiger partial charge in [-0.1, -0.05) is 41.6 Å². The van der Waals surface area contributed by atoms with Crippen LogP contribution >= 0.6 is 11.8 Å². The molecule has 0 bridgehead atoms. The number of fused-ring (bicyclic) bond motifs is 1.